The number of nitrogens with one attached hydrogen (secondary N) is 2. The molecule has 1 saturated carbocycles. The molecule has 0 aliphatic heterocycles. The van der Waals surface area contributed by atoms with Gasteiger partial charge in [0.2, 0.25) is 0 Å². The van der Waals surface area contributed by atoms with Crippen molar-refractivity contribution in [3.8, 4) is 0 Å². The molecule has 0 heterocycles. The number of rotatable bonds is 7. The molecule has 0 radical (unpaired) electrons. The number of methoxy groups -OCH3 is 1. The molecule has 0 spiro atoms. The first-order chi connectivity index (χ1) is 11.2. The summed E-state index contributed by atoms with van der Waals surface area (Å²) < 4.78 is 10.2. The SMILES string of the molecule is CCC(C)C(NC1CCCC1CNC(=O)OC(C)(C)C)C(=O)OC. The highest BCUT2D eigenvalue weighted by atomic mass is 16.6. The molecule has 140 valence electrons. The van der Waals surface area contributed by atoms with Crippen molar-refractivity contribution in [3.63, 3.8) is 0 Å². The molecule has 1 aliphatic carbocycles. The van der Waals surface area contributed by atoms with Crippen LogP contribution in [0.2, 0.25) is 0 Å². The van der Waals surface area contributed by atoms with Gasteiger partial charge in [0.05, 0.1) is 7.11 Å². The van der Waals surface area contributed by atoms with Gasteiger partial charge in [0.25, 0.3) is 0 Å². The summed E-state index contributed by atoms with van der Waals surface area (Å²) in [5.74, 6) is 0.293. The Morgan fingerprint density at radius 2 is 1.92 bits per heavy atom. The van der Waals surface area contributed by atoms with Crippen molar-refractivity contribution in [1.29, 1.82) is 0 Å². The Morgan fingerprint density at radius 3 is 2.46 bits per heavy atom. The lowest BCUT2D eigenvalue weighted by atomic mass is 9.95. The van der Waals surface area contributed by atoms with E-state index in [4.69, 9.17) is 9.47 Å². The molecule has 6 nitrogen and oxygen atoms in total. The molecule has 4 atom stereocenters. The quantitative estimate of drug-likeness (QED) is 0.696. The van der Waals surface area contributed by atoms with Gasteiger partial charge in [0.1, 0.15) is 11.6 Å². The Hall–Kier alpha value is -1.30. The van der Waals surface area contributed by atoms with Crippen LogP contribution >= 0.6 is 0 Å². The standard InChI is InChI=1S/C18H34N2O4/c1-7-12(2)15(16(21)23-6)20-14-10-8-9-13(14)11-19-17(22)24-18(3,4)5/h12-15,20H,7-11H2,1-6H3,(H,19,22). The second-order valence-electron chi connectivity index (χ2n) is 7.73. The Morgan fingerprint density at radius 1 is 1.25 bits per heavy atom. The van der Waals surface area contributed by atoms with E-state index in [0.29, 0.717) is 12.5 Å². The highest BCUT2D eigenvalue weighted by Gasteiger charge is 2.34. The van der Waals surface area contributed by atoms with E-state index < -0.39 is 5.60 Å². The van der Waals surface area contributed by atoms with Crippen LogP contribution in [0.4, 0.5) is 4.79 Å². The van der Waals surface area contributed by atoms with Crippen LogP contribution in [0.15, 0.2) is 0 Å². The summed E-state index contributed by atoms with van der Waals surface area (Å²) in [5.41, 5.74) is -0.496. The van der Waals surface area contributed by atoms with E-state index in [9.17, 15) is 9.59 Å². The van der Waals surface area contributed by atoms with E-state index >= 15 is 0 Å². The average Bonchev–Trinajstić information content (AvgIpc) is 2.94. The van der Waals surface area contributed by atoms with Crippen molar-refractivity contribution >= 4 is 12.1 Å². The number of hydrogen-bond acceptors (Lipinski definition) is 5. The smallest absolute Gasteiger partial charge is 0.407 e. The third-order valence-corrected chi connectivity index (χ3v) is 4.63. The van der Waals surface area contributed by atoms with Gasteiger partial charge in [0, 0.05) is 12.6 Å². The second kappa shape index (κ2) is 9.25. The number of hydrogen-bond donors (Lipinski definition) is 2. The summed E-state index contributed by atoms with van der Waals surface area (Å²) in [6.07, 6.45) is 3.64. The van der Waals surface area contributed by atoms with E-state index in [-0.39, 0.29) is 30.1 Å². The molecule has 0 aromatic heterocycles. The minimum absolute atomic E-state index is 0.206. The number of carbonyl (C=O) groups is 2. The molecule has 0 aromatic rings. The number of esters is 1. The van der Waals surface area contributed by atoms with E-state index in [1.54, 1.807) is 0 Å². The first kappa shape index (κ1) is 20.7. The Labute approximate surface area is 146 Å². The van der Waals surface area contributed by atoms with Crippen LogP contribution in [0.5, 0.6) is 0 Å². The van der Waals surface area contributed by atoms with Crippen molar-refractivity contribution < 1.29 is 19.1 Å². The van der Waals surface area contributed by atoms with Crippen molar-refractivity contribution in [2.24, 2.45) is 11.8 Å². The van der Waals surface area contributed by atoms with Gasteiger partial charge in [-0.1, -0.05) is 26.7 Å². The topological polar surface area (TPSA) is 76.7 Å². The molecule has 1 aliphatic rings. The van der Waals surface area contributed by atoms with Gasteiger partial charge in [-0.3, -0.25) is 4.79 Å². The average molecular weight is 342 g/mol. The third kappa shape index (κ3) is 6.67. The monoisotopic (exact) mass is 342 g/mol. The maximum atomic E-state index is 12.1. The first-order valence-corrected chi connectivity index (χ1v) is 8.98. The van der Waals surface area contributed by atoms with E-state index in [2.05, 4.69) is 24.5 Å². The van der Waals surface area contributed by atoms with E-state index in [1.807, 2.05) is 20.8 Å². The highest BCUT2D eigenvalue weighted by molar-refractivity contribution is 5.76. The van der Waals surface area contributed by atoms with Gasteiger partial charge in [-0.05, 0) is 45.4 Å². The maximum absolute atomic E-state index is 12.1. The number of ether oxygens (including phenoxy) is 2. The molecular weight excluding hydrogens is 308 g/mol. The van der Waals surface area contributed by atoms with Crippen LogP contribution in [0.3, 0.4) is 0 Å². The molecule has 1 rings (SSSR count). The molecule has 6 heteroatoms. The lowest BCUT2D eigenvalue weighted by Gasteiger charge is -2.29. The van der Waals surface area contributed by atoms with Gasteiger partial charge < -0.3 is 20.1 Å². The van der Waals surface area contributed by atoms with Gasteiger partial charge in [0.15, 0.2) is 0 Å². The number of carbonyl (C=O) groups excluding carboxylic acids is 2. The minimum Gasteiger partial charge on any atom is -0.468 e. The van der Waals surface area contributed by atoms with Crippen LogP contribution in [-0.2, 0) is 14.3 Å². The fourth-order valence-electron chi connectivity index (χ4n) is 3.09. The fraction of sp³-hybridized carbons (Fsp3) is 0.889. The van der Waals surface area contributed by atoms with Gasteiger partial charge in [-0.25, -0.2) is 4.79 Å². The lowest BCUT2D eigenvalue weighted by molar-refractivity contribution is -0.144. The zero-order valence-electron chi connectivity index (χ0n) is 16.0. The highest BCUT2D eigenvalue weighted by Crippen LogP contribution is 2.27. The number of amides is 1. The van der Waals surface area contributed by atoms with Crippen molar-refractivity contribution in [2.75, 3.05) is 13.7 Å². The number of alkyl carbamates (subject to hydrolysis) is 1. The molecule has 0 saturated heterocycles. The zero-order chi connectivity index (χ0) is 18.3. The van der Waals surface area contributed by atoms with Crippen molar-refractivity contribution in [3.05, 3.63) is 0 Å². The molecule has 4 unspecified atom stereocenters. The Bertz CT molecular complexity index is 420. The van der Waals surface area contributed by atoms with E-state index in [1.165, 1.54) is 7.11 Å². The second-order valence-corrected chi connectivity index (χ2v) is 7.73. The zero-order valence-corrected chi connectivity index (χ0v) is 16.0. The molecule has 24 heavy (non-hydrogen) atoms. The largest absolute Gasteiger partial charge is 0.468 e. The van der Waals surface area contributed by atoms with Crippen LogP contribution in [0.25, 0.3) is 0 Å². The summed E-state index contributed by atoms with van der Waals surface area (Å²) >= 11 is 0. The van der Waals surface area contributed by atoms with Gasteiger partial charge >= 0.3 is 12.1 Å². The Kier molecular flexibility index (Phi) is 8.00. The van der Waals surface area contributed by atoms with Crippen molar-refractivity contribution in [2.45, 2.75) is 78.0 Å². The first-order valence-electron chi connectivity index (χ1n) is 8.98. The van der Waals surface area contributed by atoms with E-state index in [0.717, 1.165) is 25.7 Å². The predicted octanol–water partition coefficient (Wildman–Crippen LogP) is 2.86. The maximum Gasteiger partial charge on any atom is 0.407 e. The molecular formula is C18H34N2O4. The molecule has 1 amide bonds. The molecule has 2 N–H and O–H groups in total. The summed E-state index contributed by atoms with van der Waals surface area (Å²) in [6.45, 7) is 10.2. The van der Waals surface area contributed by atoms with Gasteiger partial charge in [-0.2, -0.15) is 0 Å². The summed E-state index contributed by atoms with van der Waals surface area (Å²) in [7, 11) is 1.43. The third-order valence-electron chi connectivity index (χ3n) is 4.63. The van der Waals surface area contributed by atoms with Crippen LogP contribution in [0.1, 0.15) is 60.3 Å². The summed E-state index contributed by atoms with van der Waals surface area (Å²) in [4.78, 5) is 23.9. The fourth-order valence-corrected chi connectivity index (χ4v) is 3.09. The molecule has 0 bridgehead atoms. The van der Waals surface area contributed by atoms with Crippen LogP contribution < -0.4 is 10.6 Å². The summed E-state index contributed by atoms with van der Waals surface area (Å²) in [6, 6.07) is -0.0924. The Balaban J connectivity index is 2.57. The minimum atomic E-state index is -0.496. The molecule has 0 aromatic carbocycles. The van der Waals surface area contributed by atoms with Gasteiger partial charge in [-0.15, -0.1) is 0 Å². The predicted molar refractivity (Wildman–Crippen MR) is 93.8 cm³/mol. The normalized spacial score (nSPS) is 23.4. The van der Waals surface area contributed by atoms with Crippen molar-refractivity contribution in [1.82, 2.24) is 10.6 Å². The lowest BCUT2D eigenvalue weighted by Crippen LogP contribution is -2.50. The summed E-state index contributed by atoms with van der Waals surface area (Å²) in [5, 5.41) is 6.33. The van der Waals surface area contributed by atoms with Crippen LogP contribution in [0, 0.1) is 11.8 Å². The van der Waals surface area contributed by atoms with Crippen LogP contribution in [-0.4, -0.2) is 43.4 Å². The molecule has 1 fully saturated rings.